The van der Waals surface area contributed by atoms with Crippen molar-refractivity contribution in [2.24, 2.45) is 5.73 Å². The minimum absolute atomic E-state index is 0.0325. The van der Waals surface area contributed by atoms with Gasteiger partial charge in [0.2, 0.25) is 0 Å². The van der Waals surface area contributed by atoms with Gasteiger partial charge in [0, 0.05) is 12.0 Å². The quantitative estimate of drug-likeness (QED) is 0.750. The molecule has 0 unspecified atom stereocenters. The largest absolute Gasteiger partial charge is 0.330 e. The monoisotopic (exact) mass is 175 g/mol. The summed E-state index contributed by atoms with van der Waals surface area (Å²) in [5, 5.41) is 0. The summed E-state index contributed by atoms with van der Waals surface area (Å²) < 4.78 is 0. The van der Waals surface area contributed by atoms with Crippen molar-refractivity contribution in [1.29, 1.82) is 0 Å². The zero-order chi connectivity index (χ0) is 9.90. The van der Waals surface area contributed by atoms with Crippen molar-refractivity contribution >= 4 is 6.08 Å². The number of rotatable bonds is 3. The summed E-state index contributed by atoms with van der Waals surface area (Å²) in [6.07, 6.45) is 1.88. The highest BCUT2D eigenvalue weighted by molar-refractivity contribution is 5.54. The Morgan fingerprint density at radius 1 is 1.38 bits per heavy atom. The van der Waals surface area contributed by atoms with Gasteiger partial charge in [0.25, 0.3) is 0 Å². The van der Waals surface area contributed by atoms with Crippen LogP contribution in [0.25, 0.3) is 6.08 Å². The van der Waals surface area contributed by atoms with Gasteiger partial charge < -0.3 is 5.73 Å². The number of hydrogen-bond acceptors (Lipinski definition) is 1. The van der Waals surface area contributed by atoms with Crippen LogP contribution in [-0.4, -0.2) is 6.54 Å². The van der Waals surface area contributed by atoms with E-state index in [1.165, 1.54) is 11.1 Å². The van der Waals surface area contributed by atoms with E-state index in [0.717, 1.165) is 0 Å². The van der Waals surface area contributed by atoms with E-state index in [9.17, 15) is 0 Å². The molecule has 0 aliphatic rings. The van der Waals surface area contributed by atoms with Crippen LogP contribution in [-0.2, 0) is 5.41 Å². The van der Waals surface area contributed by atoms with Crippen LogP contribution in [0, 0.1) is 0 Å². The summed E-state index contributed by atoms with van der Waals surface area (Å²) in [4.78, 5) is 0. The van der Waals surface area contributed by atoms with Crippen LogP contribution >= 0.6 is 0 Å². The second kappa shape index (κ2) is 3.75. The molecule has 0 aliphatic carbocycles. The SMILES string of the molecule is C=Cc1ccccc1C(C)(C)CN. The Labute approximate surface area is 80.3 Å². The van der Waals surface area contributed by atoms with Crippen molar-refractivity contribution in [3.05, 3.63) is 42.0 Å². The molecule has 0 heterocycles. The lowest BCUT2D eigenvalue weighted by molar-refractivity contribution is 0.538. The fourth-order valence-electron chi connectivity index (χ4n) is 1.40. The second-order valence-corrected chi connectivity index (χ2v) is 3.88. The number of nitrogens with two attached hydrogens (primary N) is 1. The van der Waals surface area contributed by atoms with E-state index in [1.807, 2.05) is 18.2 Å². The molecule has 1 aromatic rings. The molecule has 2 N–H and O–H groups in total. The number of benzene rings is 1. The molecule has 70 valence electrons. The Morgan fingerprint density at radius 2 is 2.00 bits per heavy atom. The van der Waals surface area contributed by atoms with Gasteiger partial charge in [-0.05, 0) is 11.1 Å². The number of hydrogen-bond donors (Lipinski definition) is 1. The standard InChI is InChI=1S/C12H17N/c1-4-10-7-5-6-8-11(10)12(2,3)9-13/h4-8H,1,9,13H2,2-3H3. The van der Waals surface area contributed by atoms with Crippen LogP contribution in [0.3, 0.4) is 0 Å². The Balaban J connectivity index is 3.20. The second-order valence-electron chi connectivity index (χ2n) is 3.88. The summed E-state index contributed by atoms with van der Waals surface area (Å²) in [5.74, 6) is 0. The molecule has 1 heteroatoms. The molecule has 0 saturated heterocycles. The van der Waals surface area contributed by atoms with Gasteiger partial charge in [-0.2, -0.15) is 0 Å². The van der Waals surface area contributed by atoms with Gasteiger partial charge >= 0.3 is 0 Å². The molecule has 0 radical (unpaired) electrons. The maximum absolute atomic E-state index is 5.73. The molecule has 0 bridgehead atoms. The zero-order valence-corrected chi connectivity index (χ0v) is 8.38. The van der Waals surface area contributed by atoms with Crippen molar-refractivity contribution in [3.8, 4) is 0 Å². The summed E-state index contributed by atoms with van der Waals surface area (Å²) in [6.45, 7) is 8.75. The molecular weight excluding hydrogens is 158 g/mol. The first-order chi connectivity index (χ1) is 6.11. The molecule has 1 rings (SSSR count). The zero-order valence-electron chi connectivity index (χ0n) is 8.38. The highest BCUT2D eigenvalue weighted by atomic mass is 14.6. The van der Waals surface area contributed by atoms with Crippen LogP contribution in [0.5, 0.6) is 0 Å². The first kappa shape index (κ1) is 10.0. The summed E-state index contributed by atoms with van der Waals surface area (Å²) in [6, 6.07) is 8.25. The van der Waals surface area contributed by atoms with E-state index in [1.54, 1.807) is 0 Å². The molecule has 1 nitrogen and oxygen atoms in total. The molecule has 0 aliphatic heterocycles. The fourth-order valence-corrected chi connectivity index (χ4v) is 1.40. The average Bonchev–Trinajstić information content (AvgIpc) is 2.18. The van der Waals surface area contributed by atoms with Crippen molar-refractivity contribution in [3.63, 3.8) is 0 Å². The minimum Gasteiger partial charge on any atom is -0.330 e. The Morgan fingerprint density at radius 3 is 2.54 bits per heavy atom. The van der Waals surface area contributed by atoms with Crippen LogP contribution in [0.2, 0.25) is 0 Å². The molecule has 0 fully saturated rings. The normalized spacial score (nSPS) is 11.3. The van der Waals surface area contributed by atoms with E-state index in [-0.39, 0.29) is 5.41 Å². The summed E-state index contributed by atoms with van der Waals surface area (Å²) >= 11 is 0. The molecule has 0 amide bonds. The van der Waals surface area contributed by atoms with Crippen LogP contribution < -0.4 is 5.73 Å². The summed E-state index contributed by atoms with van der Waals surface area (Å²) in [5.41, 5.74) is 8.21. The maximum atomic E-state index is 5.73. The predicted octanol–water partition coefficient (Wildman–Crippen LogP) is 2.57. The van der Waals surface area contributed by atoms with Crippen LogP contribution in [0.15, 0.2) is 30.8 Å². The molecular formula is C12H17N. The van der Waals surface area contributed by atoms with E-state index in [4.69, 9.17) is 5.73 Å². The van der Waals surface area contributed by atoms with Gasteiger partial charge in [0.1, 0.15) is 0 Å². The van der Waals surface area contributed by atoms with E-state index in [2.05, 4.69) is 32.6 Å². The molecule has 13 heavy (non-hydrogen) atoms. The van der Waals surface area contributed by atoms with Crippen molar-refractivity contribution in [2.45, 2.75) is 19.3 Å². The van der Waals surface area contributed by atoms with Crippen molar-refractivity contribution in [2.75, 3.05) is 6.54 Å². The summed E-state index contributed by atoms with van der Waals surface area (Å²) in [7, 11) is 0. The topological polar surface area (TPSA) is 26.0 Å². The third kappa shape index (κ3) is 1.99. The van der Waals surface area contributed by atoms with Crippen molar-refractivity contribution in [1.82, 2.24) is 0 Å². The lowest BCUT2D eigenvalue weighted by Crippen LogP contribution is -2.28. The molecule has 0 spiro atoms. The van der Waals surface area contributed by atoms with E-state index in [0.29, 0.717) is 6.54 Å². The van der Waals surface area contributed by atoms with Crippen LogP contribution in [0.1, 0.15) is 25.0 Å². The fraction of sp³-hybridized carbons (Fsp3) is 0.333. The first-order valence-corrected chi connectivity index (χ1v) is 4.54. The first-order valence-electron chi connectivity index (χ1n) is 4.54. The average molecular weight is 175 g/mol. The lowest BCUT2D eigenvalue weighted by Gasteiger charge is -2.25. The highest BCUT2D eigenvalue weighted by Crippen LogP contribution is 2.25. The van der Waals surface area contributed by atoms with Crippen molar-refractivity contribution < 1.29 is 0 Å². The van der Waals surface area contributed by atoms with Gasteiger partial charge in [-0.1, -0.05) is 50.8 Å². The molecule has 1 aromatic carbocycles. The third-order valence-corrected chi connectivity index (χ3v) is 2.42. The smallest absolute Gasteiger partial charge is 0.00249 e. The van der Waals surface area contributed by atoms with E-state index < -0.39 is 0 Å². The third-order valence-electron chi connectivity index (χ3n) is 2.42. The van der Waals surface area contributed by atoms with Gasteiger partial charge in [-0.3, -0.25) is 0 Å². The van der Waals surface area contributed by atoms with Gasteiger partial charge in [-0.15, -0.1) is 0 Å². The molecule has 0 saturated carbocycles. The Bertz CT molecular complexity index is 300. The minimum atomic E-state index is 0.0325. The molecule has 0 aromatic heterocycles. The van der Waals surface area contributed by atoms with E-state index >= 15 is 0 Å². The maximum Gasteiger partial charge on any atom is 0.00249 e. The van der Waals surface area contributed by atoms with Gasteiger partial charge in [-0.25, -0.2) is 0 Å². The molecule has 0 atom stereocenters. The lowest BCUT2D eigenvalue weighted by atomic mass is 9.82. The van der Waals surface area contributed by atoms with Gasteiger partial charge in [0.05, 0.1) is 0 Å². The predicted molar refractivity (Wildman–Crippen MR) is 58.6 cm³/mol. The van der Waals surface area contributed by atoms with Gasteiger partial charge in [0.15, 0.2) is 0 Å². The Hall–Kier alpha value is -1.08. The highest BCUT2D eigenvalue weighted by Gasteiger charge is 2.20. The Kier molecular flexibility index (Phi) is 2.89. The van der Waals surface area contributed by atoms with Crippen LogP contribution in [0.4, 0.5) is 0 Å².